The van der Waals surface area contributed by atoms with E-state index < -0.39 is 0 Å². The van der Waals surface area contributed by atoms with Gasteiger partial charge in [-0.25, -0.2) is 0 Å². The fourth-order valence-electron chi connectivity index (χ4n) is 11.3. The highest BCUT2D eigenvalue weighted by atomic mass is 16.3. The van der Waals surface area contributed by atoms with Crippen LogP contribution in [-0.4, -0.2) is 0 Å². The molecule has 0 saturated carbocycles. The molecule has 0 aliphatic heterocycles. The third kappa shape index (κ3) is 6.43. The number of benzene rings is 10. The third-order valence-corrected chi connectivity index (χ3v) is 14.8. The van der Waals surface area contributed by atoms with Gasteiger partial charge in [0.2, 0.25) is 0 Å². The molecule has 0 N–H and O–H groups in total. The predicted molar refractivity (Wildman–Crippen MR) is 297 cm³/mol. The second-order valence-electron chi connectivity index (χ2n) is 21.5. The van der Waals surface area contributed by atoms with Crippen molar-refractivity contribution in [2.45, 2.75) is 66.2 Å². The molecule has 0 fully saturated rings. The van der Waals surface area contributed by atoms with Gasteiger partial charge in [-0.05, 0) is 152 Å². The minimum Gasteiger partial charge on any atom is -0.454 e. The summed E-state index contributed by atoms with van der Waals surface area (Å²) in [5, 5.41) is 9.37. The molecule has 0 amide bonds. The zero-order valence-electron chi connectivity index (χ0n) is 41.0. The number of fused-ring (bicyclic) bond motifs is 12. The molecule has 0 saturated heterocycles. The van der Waals surface area contributed by atoms with Gasteiger partial charge < -0.3 is 18.6 Å². The SMILES string of the molecule is Cc1ccc2c(oc3c(C(C)(C)C)cccc32)c1N(c1ccccc1)c1ccc2cc3c(cc2c1)-c1cc2cc(N(c4ccccc4)c4c(C)ccc5c4oc4c(C(C)(C)C)cccc45)ccc2cc1-3. The zero-order chi connectivity index (χ0) is 47.8. The first-order chi connectivity index (χ1) is 33.8. The summed E-state index contributed by atoms with van der Waals surface area (Å²) < 4.78 is 14.1. The van der Waals surface area contributed by atoms with Crippen LogP contribution in [0.2, 0.25) is 0 Å². The van der Waals surface area contributed by atoms with Crippen molar-refractivity contribution in [3.05, 3.63) is 204 Å². The van der Waals surface area contributed by atoms with E-state index in [-0.39, 0.29) is 10.8 Å². The smallest absolute Gasteiger partial charge is 0.159 e. The summed E-state index contributed by atoms with van der Waals surface area (Å²) in [5.41, 5.74) is 19.9. The summed E-state index contributed by atoms with van der Waals surface area (Å²) in [7, 11) is 0. The second-order valence-corrected chi connectivity index (χ2v) is 21.5. The Morgan fingerprint density at radius 3 is 1.07 bits per heavy atom. The summed E-state index contributed by atoms with van der Waals surface area (Å²) >= 11 is 0. The highest BCUT2D eigenvalue weighted by Crippen LogP contribution is 2.53. The largest absolute Gasteiger partial charge is 0.454 e. The van der Waals surface area contributed by atoms with Crippen LogP contribution < -0.4 is 9.80 Å². The first-order valence-corrected chi connectivity index (χ1v) is 24.6. The first kappa shape index (κ1) is 42.1. The van der Waals surface area contributed by atoms with Crippen LogP contribution in [0.3, 0.4) is 0 Å². The summed E-state index contributed by atoms with van der Waals surface area (Å²) in [6, 6.07) is 66.8. The van der Waals surface area contributed by atoms with Crippen LogP contribution in [0.15, 0.2) is 191 Å². The van der Waals surface area contributed by atoms with Gasteiger partial charge in [0.15, 0.2) is 11.2 Å². The fourth-order valence-corrected chi connectivity index (χ4v) is 11.3. The van der Waals surface area contributed by atoms with Crippen molar-refractivity contribution in [2.75, 3.05) is 9.80 Å². The Morgan fingerprint density at radius 1 is 0.314 bits per heavy atom. The minimum atomic E-state index is -0.0706. The Morgan fingerprint density at radius 2 is 0.686 bits per heavy atom. The molecule has 0 radical (unpaired) electrons. The lowest BCUT2D eigenvalue weighted by atomic mass is 9.78. The molecule has 70 heavy (non-hydrogen) atoms. The first-order valence-electron chi connectivity index (χ1n) is 24.6. The highest BCUT2D eigenvalue weighted by Gasteiger charge is 2.29. The van der Waals surface area contributed by atoms with Crippen molar-refractivity contribution in [1.29, 1.82) is 0 Å². The van der Waals surface area contributed by atoms with Crippen molar-refractivity contribution in [1.82, 2.24) is 0 Å². The number of para-hydroxylation sites is 4. The molecule has 0 spiro atoms. The van der Waals surface area contributed by atoms with E-state index in [2.05, 4.69) is 247 Å². The van der Waals surface area contributed by atoms with Crippen molar-refractivity contribution in [2.24, 2.45) is 0 Å². The van der Waals surface area contributed by atoms with Gasteiger partial charge in [-0.15, -0.1) is 0 Å². The number of anilines is 6. The van der Waals surface area contributed by atoms with E-state index in [1.807, 2.05) is 0 Å². The van der Waals surface area contributed by atoms with E-state index in [1.165, 1.54) is 54.9 Å². The van der Waals surface area contributed by atoms with Crippen LogP contribution in [-0.2, 0) is 10.8 Å². The summed E-state index contributed by atoms with van der Waals surface area (Å²) in [4.78, 5) is 4.77. The predicted octanol–water partition coefficient (Wildman–Crippen LogP) is 19.6. The van der Waals surface area contributed by atoms with E-state index in [9.17, 15) is 0 Å². The molecule has 12 aromatic rings. The van der Waals surface area contributed by atoms with E-state index in [1.54, 1.807) is 0 Å². The van der Waals surface area contributed by atoms with Gasteiger partial charge >= 0.3 is 0 Å². The van der Waals surface area contributed by atoms with Crippen LogP contribution in [0.4, 0.5) is 34.1 Å². The number of hydrogen-bond donors (Lipinski definition) is 0. The molecule has 10 aromatic carbocycles. The Kier molecular flexibility index (Phi) is 9.14. The van der Waals surface area contributed by atoms with Crippen LogP contribution in [0.5, 0.6) is 0 Å². The number of furan rings is 2. The number of rotatable bonds is 6. The van der Waals surface area contributed by atoms with E-state index >= 15 is 0 Å². The molecule has 0 atom stereocenters. The molecular weight excluding hydrogens is 853 g/mol. The van der Waals surface area contributed by atoms with Gasteiger partial charge in [-0.2, -0.15) is 0 Å². The van der Waals surface area contributed by atoms with Crippen molar-refractivity contribution in [3.8, 4) is 22.3 Å². The lowest BCUT2D eigenvalue weighted by molar-refractivity contribution is 0.572. The second kappa shape index (κ2) is 15.2. The van der Waals surface area contributed by atoms with Gasteiger partial charge in [0, 0.05) is 55.4 Å². The summed E-state index contributed by atoms with van der Waals surface area (Å²) in [6.45, 7) is 17.9. The quantitative estimate of drug-likeness (QED) is 0.166. The monoisotopic (exact) mass is 906 g/mol. The normalized spacial score (nSPS) is 12.6. The van der Waals surface area contributed by atoms with E-state index in [0.717, 1.165) is 89.1 Å². The molecule has 13 rings (SSSR count). The highest BCUT2D eigenvalue weighted by molar-refractivity contribution is 6.15. The maximum absolute atomic E-state index is 7.03. The fraction of sp³-hybridized carbons (Fsp3) is 0.152. The lowest BCUT2D eigenvalue weighted by Gasteiger charge is -2.29. The Bertz CT molecular complexity index is 3840. The number of nitrogens with zero attached hydrogens (tertiary/aromatic N) is 2. The molecular formula is C66H54N2O2. The van der Waals surface area contributed by atoms with E-state index in [0.29, 0.717) is 0 Å². The van der Waals surface area contributed by atoms with Gasteiger partial charge in [-0.1, -0.05) is 151 Å². The van der Waals surface area contributed by atoms with Crippen molar-refractivity contribution < 1.29 is 8.83 Å². The number of aryl methyl sites for hydroxylation is 2. The third-order valence-electron chi connectivity index (χ3n) is 14.8. The topological polar surface area (TPSA) is 32.8 Å². The van der Waals surface area contributed by atoms with E-state index in [4.69, 9.17) is 8.83 Å². The van der Waals surface area contributed by atoms with Crippen LogP contribution in [0.1, 0.15) is 63.8 Å². The molecule has 4 nitrogen and oxygen atoms in total. The van der Waals surface area contributed by atoms with Gasteiger partial charge in [0.1, 0.15) is 11.2 Å². The molecule has 1 aliphatic carbocycles. The Labute approximate surface area is 409 Å². The van der Waals surface area contributed by atoms with Gasteiger partial charge in [-0.3, -0.25) is 0 Å². The van der Waals surface area contributed by atoms with Gasteiger partial charge in [0.05, 0.1) is 11.4 Å². The standard InChI is InChI=1S/C66H54N2O2/c1-39-25-31-51-49-21-15-23-57(65(3,4)5)61(49)69-63(51)59(39)67(45-17-11-9-12-18-45)47-29-27-41-35-53-54-36-42-28-30-48(34-44(42)38-56(54)55(53)37-43(41)33-47)68(46-19-13-10-14-20-46)60-40(2)26-32-52-50-22-16-24-58(66(6,7)8)62(50)70-64(52)60/h9-38H,1-8H3. The lowest BCUT2D eigenvalue weighted by Crippen LogP contribution is -2.12. The average Bonchev–Trinajstić information content (AvgIpc) is 3.93. The molecule has 0 bridgehead atoms. The number of hydrogen-bond acceptors (Lipinski definition) is 4. The summed E-state index contributed by atoms with van der Waals surface area (Å²) in [6.07, 6.45) is 0. The maximum atomic E-state index is 7.03. The van der Waals surface area contributed by atoms with Crippen LogP contribution in [0.25, 0.3) is 87.7 Å². The van der Waals surface area contributed by atoms with Crippen LogP contribution in [0, 0.1) is 13.8 Å². The zero-order valence-corrected chi connectivity index (χ0v) is 41.0. The summed E-state index contributed by atoms with van der Waals surface area (Å²) in [5.74, 6) is 0. The Hall–Kier alpha value is -8.08. The maximum Gasteiger partial charge on any atom is 0.159 e. The average molecular weight is 907 g/mol. The molecule has 340 valence electrons. The van der Waals surface area contributed by atoms with Gasteiger partial charge in [0.25, 0.3) is 0 Å². The molecule has 4 heteroatoms. The molecule has 1 aliphatic rings. The molecule has 2 aromatic heterocycles. The minimum absolute atomic E-state index is 0.0706. The molecule has 0 unspecified atom stereocenters. The van der Waals surface area contributed by atoms with Crippen molar-refractivity contribution >= 4 is 99.5 Å². The van der Waals surface area contributed by atoms with Crippen molar-refractivity contribution in [3.63, 3.8) is 0 Å². The molecule has 2 heterocycles. The van der Waals surface area contributed by atoms with Crippen LogP contribution >= 0.6 is 0 Å². The Balaban J connectivity index is 0.937.